The summed E-state index contributed by atoms with van der Waals surface area (Å²) in [6, 6.07) is 18.0. The molecule has 0 spiro atoms. The van der Waals surface area contributed by atoms with Crippen molar-refractivity contribution in [2.45, 2.75) is 36.9 Å². The van der Waals surface area contributed by atoms with Crippen molar-refractivity contribution in [3.05, 3.63) is 99.4 Å². The molecular weight excluding hydrogens is 447 g/mol. The van der Waals surface area contributed by atoms with Crippen LogP contribution in [0.15, 0.2) is 76.9 Å². The first kappa shape index (κ1) is 22.0. The van der Waals surface area contributed by atoms with E-state index in [0.29, 0.717) is 16.6 Å². The molecule has 0 fully saturated rings. The van der Waals surface area contributed by atoms with Crippen molar-refractivity contribution in [1.82, 2.24) is 9.55 Å². The summed E-state index contributed by atoms with van der Waals surface area (Å²) in [5.41, 5.74) is 6.40. The monoisotopic (exact) mass is 468 g/mol. The predicted molar refractivity (Wildman–Crippen MR) is 129 cm³/mol. The Morgan fingerprint density at radius 3 is 2.19 bits per heavy atom. The van der Waals surface area contributed by atoms with Gasteiger partial charge in [0.1, 0.15) is 0 Å². The Hall–Kier alpha value is -2.24. The molecule has 31 heavy (non-hydrogen) atoms. The first-order valence-corrected chi connectivity index (χ1v) is 11.5. The van der Waals surface area contributed by atoms with Gasteiger partial charge in [-0.1, -0.05) is 64.8 Å². The number of hydrogen-bond donors (Lipinski definition) is 1. The van der Waals surface area contributed by atoms with Gasteiger partial charge in [0, 0.05) is 50.7 Å². The van der Waals surface area contributed by atoms with Gasteiger partial charge in [0.2, 0.25) is 0 Å². The summed E-state index contributed by atoms with van der Waals surface area (Å²) in [5, 5.41) is 12.5. The third kappa shape index (κ3) is 4.83. The van der Waals surface area contributed by atoms with Crippen LogP contribution < -0.4 is 0 Å². The minimum atomic E-state index is -0.0394. The number of halogens is 2. The summed E-state index contributed by atoms with van der Waals surface area (Å²) in [5.74, 6) is 0. The molecule has 3 nitrogen and oxygen atoms in total. The molecule has 0 saturated heterocycles. The lowest BCUT2D eigenvalue weighted by atomic mass is 10.0. The SMILES string of the molecule is Cc1ccc(-c2c(CO)c(C)n(Cc3ccncc3)c2Sc2cc(Cl)cc(Cl)c2)cc1. The number of rotatable bonds is 6. The lowest BCUT2D eigenvalue weighted by molar-refractivity contribution is 0.281. The van der Waals surface area contributed by atoms with E-state index in [-0.39, 0.29) is 6.61 Å². The molecule has 4 rings (SSSR count). The van der Waals surface area contributed by atoms with Crippen LogP contribution in [0.2, 0.25) is 10.0 Å². The second-order valence-corrected chi connectivity index (χ2v) is 9.35. The van der Waals surface area contributed by atoms with Gasteiger partial charge >= 0.3 is 0 Å². The summed E-state index contributed by atoms with van der Waals surface area (Å²) in [6.07, 6.45) is 3.59. The summed E-state index contributed by atoms with van der Waals surface area (Å²) in [4.78, 5) is 5.08. The highest BCUT2D eigenvalue weighted by Crippen LogP contribution is 2.43. The van der Waals surface area contributed by atoms with Gasteiger partial charge in [-0.25, -0.2) is 0 Å². The zero-order valence-electron chi connectivity index (χ0n) is 17.3. The molecule has 0 bridgehead atoms. The largest absolute Gasteiger partial charge is 0.392 e. The third-order valence-corrected chi connectivity index (χ3v) is 6.77. The molecular formula is C25H22Cl2N2OS. The quantitative estimate of drug-likeness (QED) is 0.326. The third-order valence-electron chi connectivity index (χ3n) is 5.24. The van der Waals surface area contributed by atoms with Gasteiger partial charge in [0.05, 0.1) is 11.6 Å². The first-order valence-electron chi connectivity index (χ1n) is 9.89. The van der Waals surface area contributed by atoms with Gasteiger partial charge in [-0.3, -0.25) is 4.98 Å². The van der Waals surface area contributed by atoms with E-state index in [0.717, 1.165) is 37.9 Å². The molecule has 0 radical (unpaired) electrons. The average molecular weight is 469 g/mol. The maximum atomic E-state index is 10.3. The minimum Gasteiger partial charge on any atom is -0.392 e. The predicted octanol–water partition coefficient (Wildman–Crippen LogP) is 7.17. The lowest BCUT2D eigenvalue weighted by Gasteiger charge is -2.14. The standard InChI is InChI=1S/C25H22Cl2N2OS/c1-16-3-5-19(6-4-16)24-23(15-30)17(2)29(14-18-7-9-28-10-8-18)25(24)31-22-12-20(26)11-21(27)13-22/h3-13,30H,14-15H2,1-2H3. The summed E-state index contributed by atoms with van der Waals surface area (Å²) >= 11 is 14.1. The Labute approximate surface area is 196 Å². The van der Waals surface area contributed by atoms with Gasteiger partial charge < -0.3 is 9.67 Å². The fourth-order valence-corrected chi connectivity index (χ4v) is 5.54. The Morgan fingerprint density at radius 2 is 1.58 bits per heavy atom. The minimum absolute atomic E-state index is 0.0394. The van der Waals surface area contributed by atoms with Gasteiger partial charge in [0.25, 0.3) is 0 Å². The highest BCUT2D eigenvalue weighted by atomic mass is 35.5. The van der Waals surface area contributed by atoms with Crippen molar-refractivity contribution >= 4 is 35.0 Å². The van der Waals surface area contributed by atoms with Crippen LogP contribution in [-0.2, 0) is 13.2 Å². The average Bonchev–Trinajstić information content (AvgIpc) is 2.99. The maximum Gasteiger partial charge on any atom is 0.0885 e. The topological polar surface area (TPSA) is 38.0 Å². The number of nitrogens with zero attached hydrogens (tertiary/aromatic N) is 2. The van der Waals surface area contributed by atoms with Gasteiger partial charge in [-0.05, 0) is 55.3 Å². The van der Waals surface area contributed by atoms with E-state index in [9.17, 15) is 5.11 Å². The van der Waals surface area contributed by atoms with E-state index in [4.69, 9.17) is 23.2 Å². The molecule has 1 N–H and O–H groups in total. The fourth-order valence-electron chi connectivity index (χ4n) is 3.64. The molecule has 2 aromatic heterocycles. The van der Waals surface area contributed by atoms with E-state index in [2.05, 4.69) is 47.7 Å². The normalized spacial score (nSPS) is 11.1. The molecule has 6 heteroatoms. The van der Waals surface area contributed by atoms with E-state index < -0.39 is 0 Å². The Balaban J connectivity index is 1.91. The molecule has 0 amide bonds. The summed E-state index contributed by atoms with van der Waals surface area (Å²) in [7, 11) is 0. The van der Waals surface area contributed by atoms with E-state index >= 15 is 0 Å². The van der Waals surface area contributed by atoms with E-state index in [1.807, 2.05) is 24.3 Å². The fraction of sp³-hybridized carbons (Fsp3) is 0.160. The number of aliphatic hydroxyl groups excluding tert-OH is 1. The van der Waals surface area contributed by atoms with Crippen LogP contribution in [0, 0.1) is 13.8 Å². The number of aliphatic hydroxyl groups is 1. The Morgan fingerprint density at radius 1 is 0.935 bits per heavy atom. The van der Waals surface area contributed by atoms with Gasteiger partial charge in [-0.15, -0.1) is 0 Å². The lowest BCUT2D eigenvalue weighted by Crippen LogP contribution is -2.04. The smallest absolute Gasteiger partial charge is 0.0885 e. The van der Waals surface area contributed by atoms with Crippen LogP contribution >= 0.6 is 35.0 Å². The molecule has 158 valence electrons. The second-order valence-electron chi connectivity index (χ2n) is 7.42. The summed E-state index contributed by atoms with van der Waals surface area (Å²) in [6.45, 7) is 4.76. The molecule has 0 aliphatic heterocycles. The number of pyridine rings is 1. The molecule has 2 heterocycles. The second kappa shape index (κ2) is 9.49. The Kier molecular flexibility index (Phi) is 6.73. The zero-order valence-corrected chi connectivity index (χ0v) is 19.6. The van der Waals surface area contributed by atoms with Crippen LogP contribution in [0.5, 0.6) is 0 Å². The molecule has 0 unspecified atom stereocenters. The van der Waals surface area contributed by atoms with E-state index in [1.165, 1.54) is 5.56 Å². The van der Waals surface area contributed by atoms with Crippen molar-refractivity contribution in [2.75, 3.05) is 0 Å². The van der Waals surface area contributed by atoms with Crippen molar-refractivity contribution in [2.24, 2.45) is 0 Å². The molecule has 2 aromatic carbocycles. The Bertz CT molecular complexity index is 1180. The summed E-state index contributed by atoms with van der Waals surface area (Å²) < 4.78 is 2.25. The molecule has 0 atom stereocenters. The highest BCUT2D eigenvalue weighted by molar-refractivity contribution is 7.99. The molecule has 4 aromatic rings. The molecule has 0 aliphatic rings. The number of aryl methyl sites for hydroxylation is 1. The van der Waals surface area contributed by atoms with Crippen LogP contribution in [0.3, 0.4) is 0 Å². The highest BCUT2D eigenvalue weighted by Gasteiger charge is 2.22. The first-order chi connectivity index (χ1) is 15.0. The van der Waals surface area contributed by atoms with Crippen LogP contribution in [0.25, 0.3) is 11.1 Å². The molecule has 0 saturated carbocycles. The van der Waals surface area contributed by atoms with Crippen LogP contribution in [-0.4, -0.2) is 14.7 Å². The van der Waals surface area contributed by atoms with Crippen molar-refractivity contribution < 1.29 is 5.11 Å². The number of aromatic nitrogens is 2. The van der Waals surface area contributed by atoms with Gasteiger partial charge in [0.15, 0.2) is 0 Å². The van der Waals surface area contributed by atoms with Crippen molar-refractivity contribution in [3.8, 4) is 11.1 Å². The van der Waals surface area contributed by atoms with E-state index in [1.54, 1.807) is 30.2 Å². The number of hydrogen-bond acceptors (Lipinski definition) is 3. The van der Waals surface area contributed by atoms with Crippen LogP contribution in [0.4, 0.5) is 0 Å². The maximum absolute atomic E-state index is 10.3. The van der Waals surface area contributed by atoms with Crippen molar-refractivity contribution in [1.29, 1.82) is 0 Å². The molecule has 0 aliphatic carbocycles. The zero-order chi connectivity index (χ0) is 22.0. The van der Waals surface area contributed by atoms with Crippen molar-refractivity contribution in [3.63, 3.8) is 0 Å². The van der Waals surface area contributed by atoms with Crippen LogP contribution in [0.1, 0.15) is 22.4 Å². The number of benzene rings is 2. The van der Waals surface area contributed by atoms with Gasteiger partial charge in [-0.2, -0.15) is 0 Å².